The zero-order valence-electron chi connectivity index (χ0n) is 12.3. The molecule has 1 aliphatic carbocycles. The summed E-state index contributed by atoms with van der Waals surface area (Å²) in [5.41, 5.74) is 7.53. The van der Waals surface area contributed by atoms with Gasteiger partial charge in [0.25, 0.3) is 5.91 Å². The van der Waals surface area contributed by atoms with Crippen LogP contribution in [0.5, 0.6) is 0 Å². The molecule has 1 amide bonds. The molecule has 1 aromatic heterocycles. The van der Waals surface area contributed by atoms with Crippen LogP contribution in [0.4, 0.5) is 5.69 Å². The van der Waals surface area contributed by atoms with Crippen LogP contribution in [-0.2, 0) is 11.3 Å². The minimum Gasteiger partial charge on any atom is -0.395 e. The lowest BCUT2D eigenvalue weighted by molar-refractivity contribution is 0.0928. The van der Waals surface area contributed by atoms with Crippen molar-refractivity contribution in [2.45, 2.75) is 39.7 Å². The average molecular weight is 280 g/mol. The molecule has 0 atom stereocenters. The number of hydrogen-bond donors (Lipinski definition) is 2. The highest BCUT2D eigenvalue weighted by Gasteiger charge is 2.21. The van der Waals surface area contributed by atoms with Crippen molar-refractivity contribution in [1.82, 2.24) is 15.1 Å². The number of nitrogens with two attached hydrogens (primary N) is 1. The van der Waals surface area contributed by atoms with E-state index in [1.165, 1.54) is 12.8 Å². The number of carbonyl (C=O) groups is 1. The fourth-order valence-corrected chi connectivity index (χ4v) is 2.06. The van der Waals surface area contributed by atoms with Gasteiger partial charge in [-0.1, -0.05) is 0 Å². The molecule has 0 spiro atoms. The summed E-state index contributed by atoms with van der Waals surface area (Å²) in [4.78, 5) is 12.1. The highest BCUT2D eigenvalue weighted by atomic mass is 16.5. The van der Waals surface area contributed by atoms with E-state index in [9.17, 15) is 4.79 Å². The minimum atomic E-state index is -0.160. The first-order valence-electron chi connectivity index (χ1n) is 7.32. The van der Waals surface area contributed by atoms with Gasteiger partial charge in [-0.05, 0) is 39.0 Å². The fraction of sp³-hybridized carbons (Fsp3) is 0.714. The van der Waals surface area contributed by atoms with Gasteiger partial charge in [0.15, 0.2) is 0 Å². The summed E-state index contributed by atoms with van der Waals surface area (Å²) in [5, 5.41) is 7.11. The summed E-state index contributed by atoms with van der Waals surface area (Å²) >= 11 is 0. The molecule has 0 radical (unpaired) electrons. The Hall–Kier alpha value is -1.56. The third-order valence-corrected chi connectivity index (χ3v) is 3.49. The van der Waals surface area contributed by atoms with Gasteiger partial charge in [0.2, 0.25) is 0 Å². The van der Waals surface area contributed by atoms with Crippen molar-refractivity contribution in [3.63, 3.8) is 0 Å². The number of rotatable bonds is 8. The molecular formula is C14H24N4O2. The SMILES string of the molecule is CCn1nc(C)c(N)c1C(=O)NCCCOCC1CC1. The van der Waals surface area contributed by atoms with Crippen LogP contribution in [0, 0.1) is 12.8 Å². The molecule has 1 fully saturated rings. The third kappa shape index (κ3) is 3.72. The van der Waals surface area contributed by atoms with Crippen LogP contribution >= 0.6 is 0 Å². The Labute approximate surface area is 119 Å². The van der Waals surface area contributed by atoms with E-state index in [1.54, 1.807) is 4.68 Å². The van der Waals surface area contributed by atoms with E-state index in [-0.39, 0.29) is 5.91 Å². The Kier molecular flexibility index (Phi) is 5.00. The standard InChI is InChI=1S/C14H24N4O2/c1-3-18-13(12(15)10(2)17-18)14(19)16-7-4-8-20-9-11-5-6-11/h11H,3-9,15H2,1-2H3,(H,16,19). The molecule has 0 bridgehead atoms. The maximum Gasteiger partial charge on any atom is 0.271 e. The molecule has 0 saturated heterocycles. The summed E-state index contributed by atoms with van der Waals surface area (Å²) in [6.07, 6.45) is 3.42. The Bertz CT molecular complexity index is 466. The largest absolute Gasteiger partial charge is 0.395 e. The van der Waals surface area contributed by atoms with Crippen LogP contribution in [0.3, 0.4) is 0 Å². The van der Waals surface area contributed by atoms with Crippen molar-refractivity contribution in [1.29, 1.82) is 0 Å². The summed E-state index contributed by atoms with van der Waals surface area (Å²) in [6, 6.07) is 0. The molecule has 1 saturated carbocycles. The first-order valence-corrected chi connectivity index (χ1v) is 7.32. The van der Waals surface area contributed by atoms with Crippen molar-refractivity contribution >= 4 is 11.6 Å². The van der Waals surface area contributed by atoms with Crippen LogP contribution < -0.4 is 11.1 Å². The quantitative estimate of drug-likeness (QED) is 0.704. The molecule has 0 aromatic carbocycles. The van der Waals surface area contributed by atoms with Crippen molar-refractivity contribution < 1.29 is 9.53 Å². The number of ether oxygens (including phenoxy) is 1. The van der Waals surface area contributed by atoms with E-state index in [0.717, 1.165) is 18.9 Å². The predicted octanol–water partition coefficient (Wildman–Crippen LogP) is 1.34. The highest BCUT2D eigenvalue weighted by Crippen LogP contribution is 2.28. The molecule has 1 aliphatic rings. The highest BCUT2D eigenvalue weighted by molar-refractivity contribution is 5.97. The predicted molar refractivity (Wildman–Crippen MR) is 77.5 cm³/mol. The molecule has 20 heavy (non-hydrogen) atoms. The van der Waals surface area contributed by atoms with E-state index in [1.807, 2.05) is 13.8 Å². The number of aromatic nitrogens is 2. The van der Waals surface area contributed by atoms with Gasteiger partial charge in [-0.25, -0.2) is 0 Å². The smallest absolute Gasteiger partial charge is 0.271 e. The molecule has 2 rings (SSSR count). The van der Waals surface area contributed by atoms with Crippen LogP contribution in [0.15, 0.2) is 0 Å². The van der Waals surface area contributed by atoms with Crippen molar-refractivity contribution in [3.05, 3.63) is 11.4 Å². The molecule has 3 N–H and O–H groups in total. The molecule has 1 heterocycles. The lowest BCUT2D eigenvalue weighted by Crippen LogP contribution is -2.28. The van der Waals surface area contributed by atoms with Crippen molar-refractivity contribution in [3.8, 4) is 0 Å². The summed E-state index contributed by atoms with van der Waals surface area (Å²) in [6.45, 7) is 6.53. The first kappa shape index (κ1) is 14.8. The summed E-state index contributed by atoms with van der Waals surface area (Å²) < 4.78 is 7.17. The van der Waals surface area contributed by atoms with Gasteiger partial charge in [0.05, 0.1) is 11.4 Å². The van der Waals surface area contributed by atoms with E-state index in [4.69, 9.17) is 10.5 Å². The number of aryl methyl sites for hydroxylation is 2. The van der Waals surface area contributed by atoms with Gasteiger partial charge >= 0.3 is 0 Å². The first-order chi connectivity index (χ1) is 9.63. The summed E-state index contributed by atoms with van der Waals surface area (Å²) in [7, 11) is 0. The number of nitrogens with zero attached hydrogens (tertiary/aromatic N) is 2. The van der Waals surface area contributed by atoms with Crippen LogP contribution in [0.2, 0.25) is 0 Å². The van der Waals surface area contributed by atoms with Crippen molar-refractivity contribution in [2.75, 3.05) is 25.5 Å². The zero-order valence-corrected chi connectivity index (χ0v) is 12.3. The molecule has 0 unspecified atom stereocenters. The Morgan fingerprint density at radius 1 is 1.55 bits per heavy atom. The van der Waals surface area contributed by atoms with Gasteiger partial charge in [-0.15, -0.1) is 0 Å². The third-order valence-electron chi connectivity index (χ3n) is 3.49. The lowest BCUT2D eigenvalue weighted by atomic mass is 10.3. The van der Waals surface area contributed by atoms with E-state index in [0.29, 0.717) is 36.8 Å². The van der Waals surface area contributed by atoms with Gasteiger partial charge in [0.1, 0.15) is 5.69 Å². The molecule has 1 aromatic rings. The number of nitrogen functional groups attached to an aromatic ring is 1. The molecule has 6 heteroatoms. The van der Waals surface area contributed by atoms with Crippen LogP contribution in [0.25, 0.3) is 0 Å². The number of anilines is 1. The molecular weight excluding hydrogens is 256 g/mol. The van der Waals surface area contributed by atoms with Gasteiger partial charge in [-0.3, -0.25) is 9.48 Å². The minimum absolute atomic E-state index is 0.160. The number of hydrogen-bond acceptors (Lipinski definition) is 4. The van der Waals surface area contributed by atoms with Gasteiger partial charge in [-0.2, -0.15) is 5.10 Å². The van der Waals surface area contributed by atoms with Crippen LogP contribution in [-0.4, -0.2) is 35.4 Å². The maximum atomic E-state index is 12.1. The summed E-state index contributed by atoms with van der Waals surface area (Å²) in [5.74, 6) is 0.624. The topological polar surface area (TPSA) is 82.2 Å². The fourth-order valence-electron chi connectivity index (χ4n) is 2.06. The van der Waals surface area contributed by atoms with Gasteiger partial charge in [0, 0.05) is 26.3 Å². The number of carbonyl (C=O) groups excluding carboxylic acids is 1. The van der Waals surface area contributed by atoms with Gasteiger partial charge < -0.3 is 15.8 Å². The number of amides is 1. The van der Waals surface area contributed by atoms with E-state index in [2.05, 4.69) is 10.4 Å². The maximum absolute atomic E-state index is 12.1. The van der Waals surface area contributed by atoms with E-state index >= 15 is 0 Å². The monoisotopic (exact) mass is 280 g/mol. The number of nitrogens with one attached hydrogen (secondary N) is 1. The zero-order chi connectivity index (χ0) is 14.5. The van der Waals surface area contributed by atoms with Crippen molar-refractivity contribution in [2.24, 2.45) is 5.92 Å². The second-order valence-corrected chi connectivity index (χ2v) is 5.29. The lowest BCUT2D eigenvalue weighted by Gasteiger charge is -2.08. The van der Waals surface area contributed by atoms with Crippen LogP contribution in [0.1, 0.15) is 42.4 Å². The molecule has 6 nitrogen and oxygen atoms in total. The Morgan fingerprint density at radius 2 is 2.30 bits per heavy atom. The normalized spacial score (nSPS) is 14.5. The Morgan fingerprint density at radius 3 is 2.95 bits per heavy atom. The van der Waals surface area contributed by atoms with E-state index < -0.39 is 0 Å². The average Bonchev–Trinajstić information content (AvgIpc) is 3.20. The second-order valence-electron chi connectivity index (χ2n) is 5.29. The molecule has 0 aliphatic heterocycles. The molecule has 112 valence electrons. The Balaban J connectivity index is 1.73. The second kappa shape index (κ2) is 6.74.